The van der Waals surface area contributed by atoms with Gasteiger partial charge in [0.25, 0.3) is 0 Å². The Morgan fingerprint density at radius 3 is 2.68 bits per heavy atom. The lowest BCUT2D eigenvalue weighted by Gasteiger charge is -2.28. The zero-order valence-electron chi connectivity index (χ0n) is 13.1. The summed E-state index contributed by atoms with van der Waals surface area (Å²) in [6.45, 7) is 6.86. The van der Waals surface area contributed by atoms with Gasteiger partial charge < -0.3 is 9.25 Å². The molecule has 1 heterocycles. The van der Waals surface area contributed by atoms with Crippen molar-refractivity contribution in [2.75, 3.05) is 0 Å². The van der Waals surface area contributed by atoms with Crippen molar-refractivity contribution in [3.8, 4) is 0 Å². The van der Waals surface area contributed by atoms with E-state index in [0.29, 0.717) is 6.61 Å². The molecular formula is C18H20ClNO2. The third-order valence-corrected chi connectivity index (χ3v) is 4.10. The number of hydrogen-bond acceptors (Lipinski definition) is 3. The molecule has 0 N–H and O–H groups in total. The first-order valence-corrected chi connectivity index (χ1v) is 7.84. The summed E-state index contributed by atoms with van der Waals surface area (Å²) in [6.07, 6.45) is 1.83. The molecule has 0 unspecified atom stereocenters. The molecule has 0 fully saturated rings. The number of halogens is 1. The maximum absolute atomic E-state index is 5.88. The minimum absolute atomic E-state index is 0.139. The normalized spacial score (nSPS) is 18.3. The number of rotatable bonds is 3. The highest BCUT2D eigenvalue weighted by Crippen LogP contribution is 2.36. The van der Waals surface area contributed by atoms with Crippen LogP contribution in [0.4, 0.5) is 0 Å². The SMILES string of the molecule is Cc1cc2c(o1)CC(C)(C)C/C2=N\OCc1ccc(Cl)cc1. The van der Waals surface area contributed by atoms with E-state index in [0.717, 1.165) is 46.2 Å². The first-order valence-electron chi connectivity index (χ1n) is 7.46. The molecule has 0 spiro atoms. The molecule has 0 saturated heterocycles. The second-order valence-electron chi connectivity index (χ2n) is 6.65. The monoisotopic (exact) mass is 317 g/mol. The topological polar surface area (TPSA) is 34.7 Å². The van der Waals surface area contributed by atoms with Gasteiger partial charge in [-0.15, -0.1) is 0 Å². The smallest absolute Gasteiger partial charge is 0.142 e. The van der Waals surface area contributed by atoms with E-state index in [1.54, 1.807) is 0 Å². The van der Waals surface area contributed by atoms with Crippen LogP contribution < -0.4 is 0 Å². The largest absolute Gasteiger partial charge is 0.466 e. The van der Waals surface area contributed by atoms with Gasteiger partial charge >= 0.3 is 0 Å². The molecule has 0 saturated carbocycles. The van der Waals surface area contributed by atoms with Gasteiger partial charge in [0.15, 0.2) is 0 Å². The summed E-state index contributed by atoms with van der Waals surface area (Å²) in [5, 5.41) is 5.10. The van der Waals surface area contributed by atoms with E-state index in [1.807, 2.05) is 31.2 Å². The Hall–Kier alpha value is -1.74. The third-order valence-electron chi connectivity index (χ3n) is 3.85. The van der Waals surface area contributed by atoms with Crippen molar-refractivity contribution in [1.29, 1.82) is 0 Å². The highest BCUT2D eigenvalue weighted by atomic mass is 35.5. The summed E-state index contributed by atoms with van der Waals surface area (Å²) in [5.41, 5.74) is 3.25. The van der Waals surface area contributed by atoms with E-state index in [1.165, 1.54) is 0 Å². The molecule has 3 rings (SSSR count). The summed E-state index contributed by atoms with van der Waals surface area (Å²) in [7, 11) is 0. The van der Waals surface area contributed by atoms with Crippen molar-refractivity contribution >= 4 is 17.3 Å². The standard InChI is InChI=1S/C18H20ClNO2/c1-12-8-15-16(9-18(2,3)10-17(15)22-12)20-21-11-13-4-6-14(19)7-5-13/h4-8H,9-11H2,1-3H3/b20-16+. The molecule has 1 aliphatic carbocycles. The summed E-state index contributed by atoms with van der Waals surface area (Å²) in [5.74, 6) is 1.94. The molecule has 0 amide bonds. The molecule has 0 bridgehead atoms. The number of nitrogens with zero attached hydrogens (tertiary/aromatic N) is 1. The van der Waals surface area contributed by atoms with Gasteiger partial charge in [-0.3, -0.25) is 0 Å². The fourth-order valence-corrected chi connectivity index (χ4v) is 2.96. The van der Waals surface area contributed by atoms with Crippen LogP contribution in [-0.4, -0.2) is 5.71 Å². The van der Waals surface area contributed by atoms with Crippen LogP contribution in [0.25, 0.3) is 0 Å². The number of oxime groups is 1. The molecule has 116 valence electrons. The molecule has 1 aromatic heterocycles. The summed E-state index contributed by atoms with van der Waals surface area (Å²) >= 11 is 5.88. The second kappa shape index (κ2) is 5.81. The van der Waals surface area contributed by atoms with Crippen LogP contribution >= 0.6 is 11.6 Å². The Labute approximate surface area is 135 Å². The van der Waals surface area contributed by atoms with Crippen LogP contribution in [-0.2, 0) is 17.9 Å². The maximum Gasteiger partial charge on any atom is 0.142 e. The van der Waals surface area contributed by atoms with Gasteiger partial charge in [0, 0.05) is 17.0 Å². The molecule has 4 heteroatoms. The van der Waals surface area contributed by atoms with Gasteiger partial charge in [0.1, 0.15) is 18.1 Å². The van der Waals surface area contributed by atoms with E-state index < -0.39 is 0 Å². The van der Waals surface area contributed by atoms with E-state index in [9.17, 15) is 0 Å². The first kappa shape index (κ1) is 15.2. The van der Waals surface area contributed by atoms with Gasteiger partial charge in [0.2, 0.25) is 0 Å². The van der Waals surface area contributed by atoms with Crippen LogP contribution in [0.15, 0.2) is 39.9 Å². The molecule has 0 aliphatic heterocycles. The molecule has 0 atom stereocenters. The van der Waals surface area contributed by atoms with E-state index in [-0.39, 0.29) is 5.41 Å². The van der Waals surface area contributed by atoms with Crippen LogP contribution in [0.3, 0.4) is 0 Å². The van der Waals surface area contributed by atoms with Crippen molar-refractivity contribution < 1.29 is 9.25 Å². The van der Waals surface area contributed by atoms with Crippen molar-refractivity contribution in [2.45, 2.75) is 40.2 Å². The Morgan fingerprint density at radius 1 is 1.23 bits per heavy atom. The molecule has 22 heavy (non-hydrogen) atoms. The Balaban J connectivity index is 1.76. The van der Waals surface area contributed by atoms with Crippen LogP contribution in [0.1, 0.15) is 42.9 Å². The predicted molar refractivity (Wildman–Crippen MR) is 88.3 cm³/mol. The number of aryl methyl sites for hydroxylation is 1. The Kier molecular flexibility index (Phi) is 4.00. The average molecular weight is 318 g/mol. The van der Waals surface area contributed by atoms with E-state index in [2.05, 4.69) is 25.1 Å². The molecule has 3 nitrogen and oxygen atoms in total. The number of hydrogen-bond donors (Lipinski definition) is 0. The van der Waals surface area contributed by atoms with Crippen molar-refractivity contribution in [1.82, 2.24) is 0 Å². The van der Waals surface area contributed by atoms with Crippen LogP contribution in [0.2, 0.25) is 5.02 Å². The fourth-order valence-electron chi connectivity index (χ4n) is 2.83. The average Bonchev–Trinajstić information content (AvgIpc) is 2.80. The quantitative estimate of drug-likeness (QED) is 0.735. The molecule has 1 aromatic carbocycles. The molecule has 1 aliphatic rings. The summed E-state index contributed by atoms with van der Waals surface area (Å²) in [4.78, 5) is 5.56. The number of furan rings is 1. The van der Waals surface area contributed by atoms with Gasteiger partial charge in [-0.2, -0.15) is 0 Å². The van der Waals surface area contributed by atoms with Gasteiger partial charge in [0.05, 0.1) is 5.71 Å². The van der Waals surface area contributed by atoms with Gasteiger partial charge in [-0.25, -0.2) is 0 Å². The third kappa shape index (κ3) is 3.36. The lowest BCUT2D eigenvalue weighted by molar-refractivity contribution is 0.128. The van der Waals surface area contributed by atoms with Crippen LogP contribution in [0.5, 0.6) is 0 Å². The first-order chi connectivity index (χ1) is 10.4. The highest BCUT2D eigenvalue weighted by molar-refractivity contribution is 6.30. The Bertz CT molecular complexity index is 698. The minimum Gasteiger partial charge on any atom is -0.466 e. The van der Waals surface area contributed by atoms with Crippen LogP contribution in [0, 0.1) is 12.3 Å². The zero-order valence-corrected chi connectivity index (χ0v) is 13.9. The maximum atomic E-state index is 5.88. The van der Waals surface area contributed by atoms with Crippen molar-refractivity contribution in [2.24, 2.45) is 10.6 Å². The highest BCUT2D eigenvalue weighted by Gasteiger charge is 2.32. The lowest BCUT2D eigenvalue weighted by atomic mass is 9.76. The number of fused-ring (bicyclic) bond motifs is 1. The lowest BCUT2D eigenvalue weighted by Crippen LogP contribution is -2.26. The number of benzene rings is 1. The fraction of sp³-hybridized carbons (Fsp3) is 0.389. The molecule has 0 radical (unpaired) electrons. The van der Waals surface area contributed by atoms with Crippen molar-refractivity contribution in [3.05, 3.63) is 58.0 Å². The predicted octanol–water partition coefficient (Wildman–Crippen LogP) is 5.13. The van der Waals surface area contributed by atoms with E-state index >= 15 is 0 Å². The minimum atomic E-state index is 0.139. The van der Waals surface area contributed by atoms with E-state index in [4.69, 9.17) is 20.9 Å². The zero-order chi connectivity index (χ0) is 15.7. The summed E-state index contributed by atoms with van der Waals surface area (Å²) in [6, 6.07) is 9.65. The van der Waals surface area contributed by atoms with Crippen molar-refractivity contribution in [3.63, 3.8) is 0 Å². The molecular weight excluding hydrogens is 298 g/mol. The summed E-state index contributed by atoms with van der Waals surface area (Å²) < 4.78 is 5.80. The van der Waals surface area contributed by atoms with Gasteiger partial charge in [-0.05, 0) is 42.5 Å². The molecule has 2 aromatic rings. The second-order valence-corrected chi connectivity index (χ2v) is 7.09. The Morgan fingerprint density at radius 2 is 1.95 bits per heavy atom. The van der Waals surface area contributed by atoms with Gasteiger partial charge in [-0.1, -0.05) is 42.7 Å².